The molecule has 8 heteroatoms. The van der Waals surface area contributed by atoms with Crippen LogP contribution in [0.1, 0.15) is 21.7 Å². The third-order valence-corrected chi connectivity index (χ3v) is 2.80. The SMILES string of the molecule is Cc1nc(C(F)(F)F)ccc1C(=O)Nc1ccc(F)c(F)c1. The number of hydrogen-bond acceptors (Lipinski definition) is 2. The summed E-state index contributed by atoms with van der Waals surface area (Å²) in [5.74, 6) is -3.00. The van der Waals surface area contributed by atoms with Gasteiger partial charge in [0, 0.05) is 11.8 Å². The summed E-state index contributed by atoms with van der Waals surface area (Å²) in [6.07, 6.45) is -4.61. The van der Waals surface area contributed by atoms with Crippen molar-refractivity contribution >= 4 is 11.6 Å². The smallest absolute Gasteiger partial charge is 0.322 e. The van der Waals surface area contributed by atoms with Crippen LogP contribution in [0.2, 0.25) is 0 Å². The van der Waals surface area contributed by atoms with Crippen molar-refractivity contribution in [3.05, 3.63) is 58.9 Å². The molecule has 0 bridgehead atoms. The van der Waals surface area contributed by atoms with Crippen LogP contribution in [-0.2, 0) is 6.18 Å². The molecule has 0 aliphatic carbocycles. The van der Waals surface area contributed by atoms with Crippen molar-refractivity contribution in [2.24, 2.45) is 0 Å². The number of benzene rings is 1. The van der Waals surface area contributed by atoms with Gasteiger partial charge < -0.3 is 5.32 Å². The molecule has 0 atom stereocenters. The summed E-state index contributed by atoms with van der Waals surface area (Å²) < 4.78 is 63.3. The maximum absolute atomic E-state index is 13.0. The lowest BCUT2D eigenvalue weighted by Crippen LogP contribution is -2.16. The van der Waals surface area contributed by atoms with E-state index in [9.17, 15) is 26.7 Å². The van der Waals surface area contributed by atoms with E-state index in [0.717, 1.165) is 24.3 Å². The zero-order chi connectivity index (χ0) is 16.5. The zero-order valence-electron chi connectivity index (χ0n) is 11.1. The summed E-state index contributed by atoms with van der Waals surface area (Å²) in [4.78, 5) is 15.3. The second-order valence-electron chi connectivity index (χ2n) is 4.41. The molecular formula is C14H9F5N2O. The summed E-state index contributed by atoms with van der Waals surface area (Å²) in [5, 5.41) is 2.26. The molecule has 0 aliphatic rings. The van der Waals surface area contributed by atoms with E-state index < -0.39 is 29.4 Å². The van der Waals surface area contributed by atoms with Crippen LogP contribution in [-0.4, -0.2) is 10.9 Å². The number of halogens is 5. The van der Waals surface area contributed by atoms with Crippen LogP contribution in [0.5, 0.6) is 0 Å². The maximum Gasteiger partial charge on any atom is 0.433 e. The van der Waals surface area contributed by atoms with Crippen LogP contribution in [0.25, 0.3) is 0 Å². The number of alkyl halides is 3. The fraction of sp³-hybridized carbons (Fsp3) is 0.143. The van der Waals surface area contributed by atoms with Crippen LogP contribution in [0, 0.1) is 18.6 Å². The van der Waals surface area contributed by atoms with Crippen molar-refractivity contribution in [1.82, 2.24) is 4.98 Å². The van der Waals surface area contributed by atoms with E-state index in [-0.39, 0.29) is 16.9 Å². The monoisotopic (exact) mass is 316 g/mol. The molecule has 3 nitrogen and oxygen atoms in total. The zero-order valence-corrected chi connectivity index (χ0v) is 11.1. The Labute approximate surface area is 121 Å². The predicted octanol–water partition coefficient (Wildman–Crippen LogP) is 3.94. The van der Waals surface area contributed by atoms with Gasteiger partial charge >= 0.3 is 6.18 Å². The Hall–Kier alpha value is -2.51. The van der Waals surface area contributed by atoms with Gasteiger partial charge in [0.05, 0.1) is 11.3 Å². The van der Waals surface area contributed by atoms with Crippen LogP contribution in [0.3, 0.4) is 0 Å². The topological polar surface area (TPSA) is 42.0 Å². The molecule has 0 radical (unpaired) electrons. The Balaban J connectivity index is 2.24. The molecule has 116 valence electrons. The first-order valence-corrected chi connectivity index (χ1v) is 5.99. The van der Waals surface area contributed by atoms with Gasteiger partial charge in [0.2, 0.25) is 0 Å². The quantitative estimate of drug-likeness (QED) is 0.853. The van der Waals surface area contributed by atoms with Crippen LogP contribution in [0.15, 0.2) is 30.3 Å². The molecule has 1 amide bonds. The Kier molecular flexibility index (Phi) is 4.11. The highest BCUT2D eigenvalue weighted by Crippen LogP contribution is 2.28. The minimum atomic E-state index is -4.61. The molecular weight excluding hydrogens is 307 g/mol. The number of nitrogens with one attached hydrogen (secondary N) is 1. The molecule has 0 aliphatic heterocycles. The molecule has 0 unspecified atom stereocenters. The number of carbonyl (C=O) groups is 1. The van der Waals surface area contributed by atoms with Gasteiger partial charge in [-0.15, -0.1) is 0 Å². The number of rotatable bonds is 2. The first-order valence-electron chi connectivity index (χ1n) is 5.99. The van der Waals surface area contributed by atoms with Gasteiger partial charge in [-0.1, -0.05) is 0 Å². The average molecular weight is 316 g/mol. The number of aryl methyl sites for hydroxylation is 1. The summed E-state index contributed by atoms with van der Waals surface area (Å²) >= 11 is 0. The summed E-state index contributed by atoms with van der Waals surface area (Å²) in [6, 6.07) is 4.36. The van der Waals surface area contributed by atoms with E-state index in [2.05, 4.69) is 10.3 Å². The normalized spacial score (nSPS) is 11.4. The summed E-state index contributed by atoms with van der Waals surface area (Å²) in [6.45, 7) is 1.25. The number of anilines is 1. The number of nitrogens with zero attached hydrogens (tertiary/aromatic N) is 1. The van der Waals surface area contributed by atoms with E-state index in [1.165, 1.54) is 6.92 Å². The highest BCUT2D eigenvalue weighted by atomic mass is 19.4. The lowest BCUT2D eigenvalue weighted by Gasteiger charge is -2.10. The summed E-state index contributed by atoms with van der Waals surface area (Å²) in [5.41, 5.74) is -1.37. The highest BCUT2D eigenvalue weighted by Gasteiger charge is 2.33. The fourth-order valence-electron chi connectivity index (χ4n) is 1.73. The van der Waals surface area contributed by atoms with Gasteiger partial charge in [-0.25, -0.2) is 13.8 Å². The van der Waals surface area contributed by atoms with Crippen LogP contribution in [0.4, 0.5) is 27.6 Å². The predicted molar refractivity (Wildman–Crippen MR) is 68.3 cm³/mol. The molecule has 2 aromatic rings. The number of carbonyl (C=O) groups excluding carboxylic acids is 1. The number of amides is 1. The van der Waals surface area contributed by atoms with Gasteiger partial charge in [0.25, 0.3) is 5.91 Å². The third kappa shape index (κ3) is 3.38. The minimum absolute atomic E-state index is 0.0248. The molecule has 22 heavy (non-hydrogen) atoms. The van der Waals surface area contributed by atoms with E-state index >= 15 is 0 Å². The van der Waals surface area contributed by atoms with Crippen LogP contribution < -0.4 is 5.32 Å². The van der Waals surface area contributed by atoms with E-state index in [0.29, 0.717) is 6.07 Å². The van der Waals surface area contributed by atoms with E-state index in [1.54, 1.807) is 0 Å². The third-order valence-electron chi connectivity index (χ3n) is 2.80. The van der Waals surface area contributed by atoms with Crippen molar-refractivity contribution < 1.29 is 26.7 Å². The lowest BCUT2D eigenvalue weighted by atomic mass is 10.1. The maximum atomic E-state index is 13.0. The molecule has 0 saturated carbocycles. The largest absolute Gasteiger partial charge is 0.433 e. The lowest BCUT2D eigenvalue weighted by molar-refractivity contribution is -0.141. The first kappa shape index (κ1) is 15.9. The van der Waals surface area contributed by atoms with Crippen molar-refractivity contribution in [3.8, 4) is 0 Å². The number of aromatic nitrogens is 1. The van der Waals surface area contributed by atoms with Gasteiger partial charge in [-0.05, 0) is 31.2 Å². The van der Waals surface area contributed by atoms with Gasteiger partial charge in [-0.2, -0.15) is 13.2 Å². The number of hydrogen-bond donors (Lipinski definition) is 1. The van der Waals surface area contributed by atoms with Crippen molar-refractivity contribution in [1.29, 1.82) is 0 Å². The van der Waals surface area contributed by atoms with Gasteiger partial charge in [0.1, 0.15) is 5.69 Å². The Morgan fingerprint density at radius 2 is 1.77 bits per heavy atom. The summed E-state index contributed by atoms with van der Waals surface area (Å²) in [7, 11) is 0. The second kappa shape index (κ2) is 5.70. The molecule has 1 heterocycles. The molecule has 0 fully saturated rings. The minimum Gasteiger partial charge on any atom is -0.322 e. The molecule has 1 N–H and O–H groups in total. The standard InChI is InChI=1S/C14H9F5N2O/c1-7-9(3-5-12(20-7)14(17,18)19)13(22)21-8-2-4-10(15)11(16)6-8/h2-6H,1H3,(H,21,22). The second-order valence-corrected chi connectivity index (χ2v) is 4.41. The fourth-order valence-corrected chi connectivity index (χ4v) is 1.73. The van der Waals surface area contributed by atoms with E-state index in [1.807, 2.05) is 0 Å². The van der Waals surface area contributed by atoms with Crippen LogP contribution >= 0.6 is 0 Å². The molecule has 2 rings (SSSR count). The molecule has 1 aromatic carbocycles. The van der Waals surface area contributed by atoms with Gasteiger partial charge in [-0.3, -0.25) is 4.79 Å². The van der Waals surface area contributed by atoms with Crippen molar-refractivity contribution in [2.45, 2.75) is 13.1 Å². The van der Waals surface area contributed by atoms with Crippen molar-refractivity contribution in [3.63, 3.8) is 0 Å². The van der Waals surface area contributed by atoms with E-state index in [4.69, 9.17) is 0 Å². The van der Waals surface area contributed by atoms with Crippen molar-refractivity contribution in [2.75, 3.05) is 5.32 Å². The average Bonchev–Trinajstić information content (AvgIpc) is 2.41. The highest BCUT2D eigenvalue weighted by molar-refractivity contribution is 6.04. The van der Waals surface area contributed by atoms with Gasteiger partial charge in [0.15, 0.2) is 11.6 Å². The Morgan fingerprint density at radius 1 is 1.09 bits per heavy atom. The molecule has 0 saturated heterocycles. The Morgan fingerprint density at radius 3 is 2.32 bits per heavy atom. The first-order chi connectivity index (χ1) is 10.2. The Bertz CT molecular complexity index is 728. The number of pyridine rings is 1. The molecule has 0 spiro atoms. The molecule has 1 aromatic heterocycles.